The summed E-state index contributed by atoms with van der Waals surface area (Å²) in [5.74, 6) is 0. The van der Waals surface area contributed by atoms with E-state index in [2.05, 4.69) is 18.7 Å². The van der Waals surface area contributed by atoms with Crippen LogP contribution < -0.4 is 10.5 Å². The number of anilines is 1. The molecule has 0 amide bonds. The molecule has 0 saturated carbocycles. The molecule has 2 rings (SSSR count). The van der Waals surface area contributed by atoms with Gasteiger partial charge >= 0.3 is 5.63 Å². The zero-order valence-electron chi connectivity index (χ0n) is 11.7. The van der Waals surface area contributed by atoms with Crippen LogP contribution in [0.2, 0.25) is 0 Å². The molecular formula is C16H18N2O2. The molecule has 0 atom stereocenters. The first-order valence-electron chi connectivity index (χ1n) is 6.69. The van der Waals surface area contributed by atoms with E-state index in [4.69, 9.17) is 9.83 Å². The van der Waals surface area contributed by atoms with Crippen molar-refractivity contribution < 1.29 is 4.42 Å². The van der Waals surface area contributed by atoms with Crippen LogP contribution in [0.3, 0.4) is 0 Å². The number of fused-ring (bicyclic) bond motifs is 1. The highest BCUT2D eigenvalue weighted by atomic mass is 16.4. The number of hydrogen-bond acceptors (Lipinski definition) is 4. The van der Waals surface area contributed by atoms with Gasteiger partial charge in [-0.2, -0.15) is 0 Å². The summed E-state index contributed by atoms with van der Waals surface area (Å²) < 4.78 is 5.36. The lowest BCUT2D eigenvalue weighted by molar-refractivity contribution is 0.559. The van der Waals surface area contributed by atoms with E-state index >= 15 is 0 Å². The molecule has 0 saturated heterocycles. The Labute approximate surface area is 117 Å². The van der Waals surface area contributed by atoms with Crippen LogP contribution in [0.15, 0.2) is 39.6 Å². The molecule has 1 heterocycles. The fourth-order valence-electron chi connectivity index (χ4n) is 2.17. The minimum absolute atomic E-state index is 0.382. The number of allylic oxidation sites excluding steroid dienone is 1. The van der Waals surface area contributed by atoms with E-state index in [0.717, 1.165) is 30.4 Å². The van der Waals surface area contributed by atoms with E-state index in [-0.39, 0.29) is 5.63 Å². The van der Waals surface area contributed by atoms with E-state index < -0.39 is 0 Å². The molecule has 1 aromatic carbocycles. The highest BCUT2D eigenvalue weighted by Gasteiger charge is 2.06. The van der Waals surface area contributed by atoms with Crippen LogP contribution in [0.25, 0.3) is 17.0 Å². The molecule has 20 heavy (non-hydrogen) atoms. The number of hydrogen-bond donors (Lipinski definition) is 1. The molecule has 0 spiro atoms. The van der Waals surface area contributed by atoms with Gasteiger partial charge in [0, 0.05) is 36.4 Å². The first kappa shape index (κ1) is 14.1. The number of nitrogens with one attached hydrogen (secondary N) is 1. The quantitative estimate of drug-likeness (QED) is 0.670. The van der Waals surface area contributed by atoms with Gasteiger partial charge in [-0.05, 0) is 44.2 Å². The smallest absolute Gasteiger partial charge is 0.343 e. The van der Waals surface area contributed by atoms with E-state index in [1.165, 1.54) is 6.08 Å². The van der Waals surface area contributed by atoms with Gasteiger partial charge in [0.25, 0.3) is 0 Å². The van der Waals surface area contributed by atoms with E-state index in [1.807, 2.05) is 18.2 Å². The van der Waals surface area contributed by atoms with E-state index in [0.29, 0.717) is 11.1 Å². The maximum absolute atomic E-state index is 11.9. The molecule has 1 N–H and O–H groups in total. The van der Waals surface area contributed by atoms with Gasteiger partial charge in [-0.1, -0.05) is 0 Å². The van der Waals surface area contributed by atoms with Gasteiger partial charge in [-0.15, -0.1) is 0 Å². The Morgan fingerprint density at radius 1 is 1.25 bits per heavy atom. The molecule has 0 fully saturated rings. The first-order valence-corrected chi connectivity index (χ1v) is 6.69. The van der Waals surface area contributed by atoms with Crippen molar-refractivity contribution in [3.63, 3.8) is 0 Å². The third-order valence-electron chi connectivity index (χ3n) is 3.25. The van der Waals surface area contributed by atoms with Crippen LogP contribution in [-0.4, -0.2) is 19.3 Å². The minimum Gasteiger partial charge on any atom is -0.422 e. The van der Waals surface area contributed by atoms with Crippen molar-refractivity contribution >= 4 is 28.9 Å². The summed E-state index contributed by atoms with van der Waals surface area (Å²) in [5.41, 5.74) is 1.71. The monoisotopic (exact) mass is 270 g/mol. The molecule has 0 bridgehead atoms. The summed E-state index contributed by atoms with van der Waals surface area (Å²) in [6.07, 6.45) is 4.21. The Morgan fingerprint density at radius 3 is 2.65 bits per heavy atom. The Balaban J connectivity index is 2.52. The molecule has 1 aromatic heterocycles. The predicted octanol–water partition coefficient (Wildman–Crippen LogP) is 3.30. The lowest BCUT2D eigenvalue weighted by Crippen LogP contribution is -2.21. The highest BCUT2D eigenvalue weighted by Crippen LogP contribution is 2.22. The van der Waals surface area contributed by atoms with Crippen LogP contribution in [0.4, 0.5) is 5.69 Å². The van der Waals surface area contributed by atoms with Crippen molar-refractivity contribution in [1.82, 2.24) is 0 Å². The lowest BCUT2D eigenvalue weighted by atomic mass is 10.1. The summed E-state index contributed by atoms with van der Waals surface area (Å²) in [4.78, 5) is 14.0. The second-order valence-corrected chi connectivity index (χ2v) is 4.41. The van der Waals surface area contributed by atoms with Crippen molar-refractivity contribution in [3.05, 3.63) is 46.3 Å². The van der Waals surface area contributed by atoms with Crippen molar-refractivity contribution in [2.24, 2.45) is 0 Å². The second kappa shape index (κ2) is 6.19. The maximum atomic E-state index is 11.9. The molecule has 104 valence electrons. The molecule has 0 radical (unpaired) electrons. The Hall–Kier alpha value is -2.36. The first-order chi connectivity index (χ1) is 9.69. The topological polar surface area (TPSA) is 57.3 Å². The molecule has 2 aromatic rings. The van der Waals surface area contributed by atoms with E-state index in [1.54, 1.807) is 12.1 Å². The van der Waals surface area contributed by atoms with Gasteiger partial charge in [0.15, 0.2) is 0 Å². The number of nitrogens with zero attached hydrogens (tertiary/aromatic N) is 1. The van der Waals surface area contributed by atoms with Crippen molar-refractivity contribution in [3.8, 4) is 0 Å². The van der Waals surface area contributed by atoms with Crippen molar-refractivity contribution in [2.75, 3.05) is 18.0 Å². The van der Waals surface area contributed by atoms with Crippen molar-refractivity contribution in [2.45, 2.75) is 13.8 Å². The Bertz CT molecular complexity index is 697. The summed E-state index contributed by atoms with van der Waals surface area (Å²) >= 11 is 0. The molecule has 0 unspecified atom stereocenters. The van der Waals surface area contributed by atoms with Crippen LogP contribution in [-0.2, 0) is 0 Å². The molecule has 4 heteroatoms. The predicted molar refractivity (Wildman–Crippen MR) is 83.9 cm³/mol. The van der Waals surface area contributed by atoms with Gasteiger partial charge in [-0.3, -0.25) is 0 Å². The molecular weight excluding hydrogens is 252 g/mol. The molecule has 4 nitrogen and oxygen atoms in total. The minimum atomic E-state index is -0.382. The molecule has 0 aliphatic rings. The normalized spacial score (nSPS) is 11.1. The third kappa shape index (κ3) is 2.79. The van der Waals surface area contributed by atoms with E-state index in [9.17, 15) is 4.79 Å². The molecule has 0 aliphatic heterocycles. The van der Waals surface area contributed by atoms with Crippen LogP contribution >= 0.6 is 0 Å². The number of rotatable bonds is 5. The second-order valence-electron chi connectivity index (χ2n) is 4.41. The molecule has 0 aliphatic carbocycles. The average molecular weight is 270 g/mol. The van der Waals surface area contributed by atoms with Gasteiger partial charge < -0.3 is 14.7 Å². The fraction of sp³-hybridized carbons (Fsp3) is 0.250. The average Bonchev–Trinajstić information content (AvgIpc) is 2.46. The zero-order valence-corrected chi connectivity index (χ0v) is 11.7. The highest BCUT2D eigenvalue weighted by molar-refractivity contribution is 5.83. The van der Waals surface area contributed by atoms with Crippen LogP contribution in [0.1, 0.15) is 19.4 Å². The van der Waals surface area contributed by atoms with Gasteiger partial charge in [-0.25, -0.2) is 4.79 Å². The Kier molecular flexibility index (Phi) is 4.35. The summed E-state index contributed by atoms with van der Waals surface area (Å²) in [5, 5.41) is 7.83. The SMILES string of the molecule is CCN(CC)c1ccc2cc(/C=C/C=N)c(=O)oc2c1. The van der Waals surface area contributed by atoms with Crippen molar-refractivity contribution in [1.29, 1.82) is 5.41 Å². The van der Waals surface area contributed by atoms with Gasteiger partial charge in [0.1, 0.15) is 5.58 Å². The lowest BCUT2D eigenvalue weighted by Gasteiger charge is -2.20. The zero-order chi connectivity index (χ0) is 14.5. The maximum Gasteiger partial charge on any atom is 0.343 e. The Morgan fingerprint density at radius 2 is 2.00 bits per heavy atom. The standard InChI is InChI=1S/C16H18N2O2/c1-3-18(4-2)14-8-7-12-10-13(6-5-9-17)16(19)20-15(12)11-14/h5-11,17H,3-4H2,1-2H3/b6-5+,17-9?. The largest absolute Gasteiger partial charge is 0.422 e. The summed E-state index contributed by atoms with van der Waals surface area (Å²) in [7, 11) is 0. The summed E-state index contributed by atoms with van der Waals surface area (Å²) in [6, 6.07) is 7.66. The van der Waals surface area contributed by atoms with Crippen LogP contribution in [0.5, 0.6) is 0 Å². The fourth-order valence-corrected chi connectivity index (χ4v) is 2.17. The van der Waals surface area contributed by atoms with Gasteiger partial charge in [0.2, 0.25) is 0 Å². The number of benzene rings is 1. The third-order valence-corrected chi connectivity index (χ3v) is 3.25. The summed E-state index contributed by atoms with van der Waals surface area (Å²) in [6.45, 7) is 6.00. The van der Waals surface area contributed by atoms with Gasteiger partial charge in [0.05, 0.1) is 5.56 Å². The van der Waals surface area contributed by atoms with Crippen LogP contribution in [0, 0.1) is 5.41 Å².